The van der Waals surface area contributed by atoms with Crippen molar-refractivity contribution in [3.63, 3.8) is 0 Å². The fourth-order valence-electron chi connectivity index (χ4n) is 4.28. The number of aryl methyl sites for hydroxylation is 1. The molecule has 3 aromatic carbocycles. The Kier molecular flexibility index (Phi) is 8.21. The van der Waals surface area contributed by atoms with Gasteiger partial charge < -0.3 is 19.5 Å². The number of halogens is 1. The second-order valence-corrected chi connectivity index (χ2v) is 8.51. The fourth-order valence-corrected chi connectivity index (χ4v) is 4.28. The second-order valence-electron chi connectivity index (χ2n) is 8.51. The maximum Gasteiger partial charge on any atom is 0.220 e. The van der Waals surface area contributed by atoms with Crippen molar-refractivity contribution in [3.8, 4) is 17.2 Å². The van der Waals surface area contributed by atoms with Gasteiger partial charge in [-0.1, -0.05) is 42.5 Å². The van der Waals surface area contributed by atoms with Crippen molar-refractivity contribution in [1.82, 2.24) is 10.2 Å². The fraction of sp³-hybridized carbons (Fsp3) is 0.321. The Labute approximate surface area is 205 Å². The molecular formula is C28H31FN2O4. The van der Waals surface area contributed by atoms with Gasteiger partial charge in [-0.3, -0.25) is 9.69 Å². The zero-order valence-electron chi connectivity index (χ0n) is 20.1. The van der Waals surface area contributed by atoms with Gasteiger partial charge in [0.2, 0.25) is 5.91 Å². The van der Waals surface area contributed by atoms with E-state index in [1.165, 1.54) is 6.07 Å². The summed E-state index contributed by atoms with van der Waals surface area (Å²) in [6.07, 6.45) is 0.548. The quantitative estimate of drug-likeness (QED) is 0.490. The SMILES string of the molecule is COc1ccc(CCC(=O)NCCN2Cc3ccccc3O[C@H](c3ccccc3F)C2)cc1OC. The van der Waals surface area contributed by atoms with E-state index < -0.39 is 6.10 Å². The molecule has 0 unspecified atom stereocenters. The first kappa shape index (κ1) is 24.5. The van der Waals surface area contributed by atoms with Crippen LogP contribution in [0.25, 0.3) is 0 Å². The minimum absolute atomic E-state index is 0.0167. The molecule has 6 nitrogen and oxygen atoms in total. The molecular weight excluding hydrogens is 447 g/mol. The van der Waals surface area contributed by atoms with E-state index in [-0.39, 0.29) is 11.7 Å². The summed E-state index contributed by atoms with van der Waals surface area (Å²) >= 11 is 0. The molecule has 1 amide bonds. The van der Waals surface area contributed by atoms with E-state index in [9.17, 15) is 9.18 Å². The molecule has 1 aliphatic rings. The molecule has 0 saturated carbocycles. The predicted octanol–water partition coefficient (Wildman–Crippen LogP) is 4.53. The Morgan fingerprint density at radius 2 is 1.83 bits per heavy atom. The monoisotopic (exact) mass is 478 g/mol. The van der Waals surface area contributed by atoms with Gasteiger partial charge in [0.25, 0.3) is 0 Å². The number of hydrogen-bond donors (Lipinski definition) is 1. The molecule has 7 heteroatoms. The maximum atomic E-state index is 14.5. The average molecular weight is 479 g/mol. The summed E-state index contributed by atoms with van der Waals surface area (Å²) in [6, 6.07) is 20.2. The van der Waals surface area contributed by atoms with Crippen LogP contribution in [0.2, 0.25) is 0 Å². The van der Waals surface area contributed by atoms with Crippen LogP contribution in [0.15, 0.2) is 66.7 Å². The number of carbonyl (C=O) groups excluding carboxylic acids is 1. The van der Waals surface area contributed by atoms with Gasteiger partial charge in [-0.15, -0.1) is 0 Å². The molecule has 0 radical (unpaired) electrons. The zero-order valence-corrected chi connectivity index (χ0v) is 20.1. The number of carbonyl (C=O) groups is 1. The number of methoxy groups -OCH3 is 2. The normalized spacial score (nSPS) is 15.5. The summed E-state index contributed by atoms with van der Waals surface area (Å²) in [5.74, 6) is 1.79. The lowest BCUT2D eigenvalue weighted by Crippen LogP contribution is -2.36. The lowest BCUT2D eigenvalue weighted by atomic mass is 10.1. The topological polar surface area (TPSA) is 60.0 Å². The van der Waals surface area contributed by atoms with E-state index in [1.807, 2.05) is 48.5 Å². The van der Waals surface area contributed by atoms with E-state index in [4.69, 9.17) is 14.2 Å². The van der Waals surface area contributed by atoms with Crippen LogP contribution in [0.3, 0.4) is 0 Å². The molecule has 0 fully saturated rings. The zero-order chi connectivity index (χ0) is 24.6. The van der Waals surface area contributed by atoms with E-state index >= 15 is 0 Å². The molecule has 0 spiro atoms. The Morgan fingerprint density at radius 1 is 1.06 bits per heavy atom. The highest BCUT2D eigenvalue weighted by atomic mass is 19.1. The largest absolute Gasteiger partial charge is 0.493 e. The number of para-hydroxylation sites is 1. The van der Waals surface area contributed by atoms with Crippen LogP contribution in [0, 0.1) is 5.82 Å². The van der Waals surface area contributed by atoms with Crippen LogP contribution in [0.5, 0.6) is 17.2 Å². The molecule has 184 valence electrons. The highest BCUT2D eigenvalue weighted by Crippen LogP contribution is 2.32. The number of amides is 1. The third kappa shape index (κ3) is 6.31. The Morgan fingerprint density at radius 3 is 2.63 bits per heavy atom. The Bertz CT molecular complexity index is 1150. The summed E-state index contributed by atoms with van der Waals surface area (Å²) in [7, 11) is 3.19. The molecule has 1 atom stereocenters. The van der Waals surface area contributed by atoms with Crippen molar-refractivity contribution in [3.05, 3.63) is 89.2 Å². The van der Waals surface area contributed by atoms with Gasteiger partial charge in [0.05, 0.1) is 14.2 Å². The van der Waals surface area contributed by atoms with Crippen molar-refractivity contribution in [2.75, 3.05) is 33.9 Å². The second kappa shape index (κ2) is 11.7. The number of nitrogens with one attached hydrogen (secondary N) is 1. The summed E-state index contributed by atoms with van der Waals surface area (Å²) in [5.41, 5.74) is 2.59. The molecule has 0 bridgehead atoms. The predicted molar refractivity (Wildman–Crippen MR) is 132 cm³/mol. The Balaban J connectivity index is 1.33. The van der Waals surface area contributed by atoms with Crippen molar-refractivity contribution in [2.45, 2.75) is 25.5 Å². The first-order valence-corrected chi connectivity index (χ1v) is 11.8. The van der Waals surface area contributed by atoms with Gasteiger partial charge in [-0.2, -0.15) is 0 Å². The molecule has 4 rings (SSSR count). The third-order valence-electron chi connectivity index (χ3n) is 6.15. The van der Waals surface area contributed by atoms with E-state index in [1.54, 1.807) is 26.4 Å². The van der Waals surface area contributed by atoms with Crippen LogP contribution in [-0.4, -0.2) is 44.7 Å². The van der Waals surface area contributed by atoms with Gasteiger partial charge in [0.15, 0.2) is 11.5 Å². The minimum atomic E-state index is -0.430. The van der Waals surface area contributed by atoms with Gasteiger partial charge in [-0.25, -0.2) is 4.39 Å². The first-order valence-electron chi connectivity index (χ1n) is 11.8. The summed E-state index contributed by atoms with van der Waals surface area (Å²) in [4.78, 5) is 14.7. The van der Waals surface area contributed by atoms with Gasteiger partial charge in [0.1, 0.15) is 17.7 Å². The highest BCUT2D eigenvalue weighted by molar-refractivity contribution is 5.76. The molecule has 1 N–H and O–H groups in total. The van der Waals surface area contributed by atoms with Crippen molar-refractivity contribution in [1.29, 1.82) is 0 Å². The van der Waals surface area contributed by atoms with E-state index in [0.717, 1.165) is 16.9 Å². The minimum Gasteiger partial charge on any atom is -0.493 e. The molecule has 0 saturated heterocycles. The molecule has 0 aliphatic carbocycles. The molecule has 3 aromatic rings. The van der Waals surface area contributed by atoms with Crippen LogP contribution in [-0.2, 0) is 17.8 Å². The number of ether oxygens (including phenoxy) is 3. The molecule has 1 heterocycles. The molecule has 35 heavy (non-hydrogen) atoms. The number of hydrogen-bond acceptors (Lipinski definition) is 5. The van der Waals surface area contributed by atoms with Crippen molar-refractivity contribution < 1.29 is 23.4 Å². The van der Waals surface area contributed by atoms with E-state index in [0.29, 0.717) is 56.1 Å². The third-order valence-corrected chi connectivity index (χ3v) is 6.15. The summed E-state index contributed by atoms with van der Waals surface area (Å²) in [5, 5.41) is 3.01. The van der Waals surface area contributed by atoms with Crippen LogP contribution < -0.4 is 19.5 Å². The number of nitrogens with zero attached hydrogens (tertiary/aromatic N) is 1. The number of fused-ring (bicyclic) bond motifs is 1. The lowest BCUT2D eigenvalue weighted by Gasteiger charge is -2.24. The molecule has 0 aromatic heterocycles. The molecule has 1 aliphatic heterocycles. The maximum absolute atomic E-state index is 14.5. The van der Waals surface area contributed by atoms with Crippen LogP contribution >= 0.6 is 0 Å². The van der Waals surface area contributed by atoms with E-state index in [2.05, 4.69) is 10.2 Å². The number of rotatable bonds is 9. The standard InChI is InChI=1S/C28H31FN2O4/c1-33-25-13-11-20(17-26(25)34-2)12-14-28(32)30-15-16-31-18-21-7-3-6-10-24(21)35-27(19-31)22-8-4-5-9-23(22)29/h3-11,13,17,27H,12,14-16,18-19H2,1-2H3,(H,30,32)/t27-/m0/s1. The Hall–Kier alpha value is -3.58. The average Bonchev–Trinajstić information content (AvgIpc) is 3.06. The van der Waals surface area contributed by atoms with Crippen LogP contribution in [0.1, 0.15) is 29.2 Å². The number of benzene rings is 3. The van der Waals surface area contributed by atoms with Crippen molar-refractivity contribution in [2.24, 2.45) is 0 Å². The van der Waals surface area contributed by atoms with Crippen molar-refractivity contribution >= 4 is 5.91 Å². The van der Waals surface area contributed by atoms with Gasteiger partial charge >= 0.3 is 0 Å². The highest BCUT2D eigenvalue weighted by Gasteiger charge is 2.26. The van der Waals surface area contributed by atoms with Gasteiger partial charge in [-0.05, 0) is 36.2 Å². The first-order chi connectivity index (χ1) is 17.1. The summed E-state index contributed by atoms with van der Waals surface area (Å²) < 4.78 is 31.3. The summed E-state index contributed by atoms with van der Waals surface area (Å²) in [6.45, 7) is 2.32. The smallest absolute Gasteiger partial charge is 0.220 e. The lowest BCUT2D eigenvalue weighted by molar-refractivity contribution is -0.121. The van der Waals surface area contributed by atoms with Crippen LogP contribution in [0.4, 0.5) is 4.39 Å². The van der Waals surface area contributed by atoms with Gasteiger partial charge in [0, 0.05) is 43.7 Å².